The second-order valence-electron chi connectivity index (χ2n) is 7.57. The summed E-state index contributed by atoms with van der Waals surface area (Å²) in [5.41, 5.74) is 0.671. The molecule has 25 heavy (non-hydrogen) atoms. The molecule has 5 heteroatoms. The first-order valence-electron chi connectivity index (χ1n) is 9.60. The molecule has 0 N–H and O–H groups in total. The summed E-state index contributed by atoms with van der Waals surface area (Å²) in [6.45, 7) is 3.39. The van der Waals surface area contributed by atoms with Crippen molar-refractivity contribution in [2.24, 2.45) is 5.92 Å². The van der Waals surface area contributed by atoms with E-state index < -0.39 is 0 Å². The predicted molar refractivity (Wildman–Crippen MR) is 94.7 cm³/mol. The van der Waals surface area contributed by atoms with Gasteiger partial charge in [0.1, 0.15) is 5.82 Å². The van der Waals surface area contributed by atoms with E-state index in [1.54, 1.807) is 6.07 Å². The molecule has 134 valence electrons. The average molecular weight is 343 g/mol. The van der Waals surface area contributed by atoms with Gasteiger partial charge < -0.3 is 9.42 Å². The van der Waals surface area contributed by atoms with Crippen molar-refractivity contribution in [1.29, 1.82) is 0 Å². The van der Waals surface area contributed by atoms with E-state index in [9.17, 15) is 4.39 Å². The summed E-state index contributed by atoms with van der Waals surface area (Å²) >= 11 is 0. The minimum absolute atomic E-state index is 0.278. The van der Waals surface area contributed by atoms with E-state index in [2.05, 4.69) is 15.0 Å². The van der Waals surface area contributed by atoms with Crippen molar-refractivity contribution in [2.75, 3.05) is 19.6 Å². The third-order valence-corrected chi connectivity index (χ3v) is 5.62. The Morgan fingerprint density at radius 3 is 2.84 bits per heavy atom. The first-order chi connectivity index (χ1) is 12.3. The minimum Gasteiger partial charge on any atom is -0.339 e. The topological polar surface area (TPSA) is 42.2 Å². The highest BCUT2D eigenvalue weighted by Crippen LogP contribution is 2.30. The summed E-state index contributed by atoms with van der Waals surface area (Å²) in [4.78, 5) is 7.14. The minimum atomic E-state index is -0.278. The maximum absolute atomic E-state index is 13.4. The molecule has 0 spiro atoms. The summed E-state index contributed by atoms with van der Waals surface area (Å²) < 4.78 is 18.9. The van der Waals surface area contributed by atoms with Crippen molar-refractivity contribution in [3.05, 3.63) is 36.0 Å². The standard InChI is InChI=1S/C20H26FN3O/c21-18-10-4-8-16(12-18)19-22-20(25-23-19)17-9-5-11-24(14-17)13-15-6-2-1-3-7-15/h4,8,10,12,15,17H,1-3,5-7,9,11,13-14H2. The van der Waals surface area contributed by atoms with Crippen LogP contribution in [0.1, 0.15) is 56.8 Å². The zero-order valence-electron chi connectivity index (χ0n) is 14.7. The molecule has 2 fully saturated rings. The predicted octanol–water partition coefficient (Wildman–Crippen LogP) is 4.64. The quantitative estimate of drug-likeness (QED) is 0.811. The number of hydrogen-bond donors (Lipinski definition) is 0. The lowest BCUT2D eigenvalue weighted by molar-refractivity contribution is 0.148. The third kappa shape index (κ3) is 4.09. The molecule has 2 heterocycles. The van der Waals surface area contributed by atoms with Gasteiger partial charge in [-0.3, -0.25) is 0 Å². The Balaban J connectivity index is 1.41. The monoisotopic (exact) mass is 343 g/mol. The molecular formula is C20H26FN3O. The van der Waals surface area contributed by atoms with Crippen LogP contribution in [0.3, 0.4) is 0 Å². The number of aromatic nitrogens is 2. The summed E-state index contributed by atoms with van der Waals surface area (Å²) in [6.07, 6.45) is 9.22. The lowest BCUT2D eigenvalue weighted by atomic mass is 9.88. The van der Waals surface area contributed by atoms with E-state index in [-0.39, 0.29) is 5.82 Å². The van der Waals surface area contributed by atoms with Crippen LogP contribution in [0.15, 0.2) is 28.8 Å². The largest absolute Gasteiger partial charge is 0.339 e. The zero-order chi connectivity index (χ0) is 17.1. The number of nitrogens with zero attached hydrogens (tertiary/aromatic N) is 3. The van der Waals surface area contributed by atoms with Crippen LogP contribution >= 0.6 is 0 Å². The van der Waals surface area contributed by atoms with Crippen LogP contribution in [0, 0.1) is 11.7 Å². The van der Waals surface area contributed by atoms with Crippen LogP contribution in [-0.4, -0.2) is 34.7 Å². The summed E-state index contributed by atoms with van der Waals surface area (Å²) in [6, 6.07) is 6.36. The fourth-order valence-electron chi connectivity index (χ4n) is 4.30. The Morgan fingerprint density at radius 2 is 2.00 bits per heavy atom. The number of halogens is 1. The highest BCUT2D eigenvalue weighted by Gasteiger charge is 2.28. The zero-order valence-corrected chi connectivity index (χ0v) is 14.7. The Hall–Kier alpha value is -1.75. The molecule has 1 aromatic carbocycles. The molecule has 0 radical (unpaired) electrons. The van der Waals surface area contributed by atoms with Gasteiger partial charge in [-0.1, -0.05) is 36.6 Å². The second kappa shape index (κ2) is 7.65. The van der Waals surface area contributed by atoms with Gasteiger partial charge in [0.15, 0.2) is 0 Å². The summed E-state index contributed by atoms with van der Waals surface area (Å²) in [5, 5.41) is 4.07. The lowest BCUT2D eigenvalue weighted by Crippen LogP contribution is -2.38. The molecule has 1 atom stereocenters. The fourth-order valence-corrected chi connectivity index (χ4v) is 4.30. The second-order valence-corrected chi connectivity index (χ2v) is 7.57. The SMILES string of the molecule is Fc1cccc(-c2noc(C3CCCN(CC4CCCCC4)C3)n2)c1. The van der Waals surface area contributed by atoms with Crippen molar-refractivity contribution < 1.29 is 8.91 Å². The van der Waals surface area contributed by atoms with Crippen LogP contribution in [-0.2, 0) is 0 Å². The van der Waals surface area contributed by atoms with E-state index in [4.69, 9.17) is 4.52 Å². The van der Waals surface area contributed by atoms with Gasteiger partial charge in [-0.25, -0.2) is 4.39 Å². The van der Waals surface area contributed by atoms with Gasteiger partial charge in [0.05, 0.1) is 5.92 Å². The Kier molecular flexibility index (Phi) is 5.11. The van der Waals surface area contributed by atoms with Gasteiger partial charge in [0, 0.05) is 18.7 Å². The first-order valence-corrected chi connectivity index (χ1v) is 9.60. The highest BCUT2D eigenvalue weighted by molar-refractivity contribution is 5.53. The normalized spacial score (nSPS) is 23.0. The highest BCUT2D eigenvalue weighted by atomic mass is 19.1. The van der Waals surface area contributed by atoms with Crippen LogP contribution in [0.4, 0.5) is 4.39 Å². The fraction of sp³-hybridized carbons (Fsp3) is 0.600. The molecule has 1 aliphatic carbocycles. The molecule has 1 saturated carbocycles. The van der Waals surface area contributed by atoms with E-state index in [0.29, 0.717) is 23.2 Å². The van der Waals surface area contributed by atoms with Crippen LogP contribution < -0.4 is 0 Å². The van der Waals surface area contributed by atoms with Crippen molar-refractivity contribution in [1.82, 2.24) is 15.0 Å². The summed E-state index contributed by atoms with van der Waals surface area (Å²) in [7, 11) is 0. The van der Waals surface area contributed by atoms with Gasteiger partial charge in [-0.2, -0.15) is 4.98 Å². The molecule has 1 aromatic heterocycles. The van der Waals surface area contributed by atoms with Gasteiger partial charge in [0.2, 0.25) is 11.7 Å². The summed E-state index contributed by atoms with van der Waals surface area (Å²) in [5.74, 6) is 2.07. The van der Waals surface area contributed by atoms with Crippen molar-refractivity contribution in [3.63, 3.8) is 0 Å². The molecule has 2 aliphatic rings. The molecule has 1 unspecified atom stereocenters. The molecule has 2 aromatic rings. The maximum Gasteiger partial charge on any atom is 0.231 e. The Bertz CT molecular complexity index is 696. The maximum atomic E-state index is 13.4. The van der Waals surface area contributed by atoms with E-state index in [1.807, 2.05) is 6.07 Å². The third-order valence-electron chi connectivity index (χ3n) is 5.62. The molecular weight excluding hydrogens is 317 g/mol. The van der Waals surface area contributed by atoms with Gasteiger partial charge in [-0.15, -0.1) is 0 Å². The molecule has 0 bridgehead atoms. The molecule has 4 nitrogen and oxygen atoms in total. The first kappa shape index (κ1) is 16.7. The number of benzene rings is 1. The van der Waals surface area contributed by atoms with Gasteiger partial charge in [-0.05, 0) is 50.3 Å². The average Bonchev–Trinajstić information content (AvgIpc) is 3.13. The van der Waals surface area contributed by atoms with Crippen LogP contribution in [0.5, 0.6) is 0 Å². The van der Waals surface area contributed by atoms with Crippen LogP contribution in [0.2, 0.25) is 0 Å². The van der Waals surface area contributed by atoms with Gasteiger partial charge in [0.25, 0.3) is 0 Å². The van der Waals surface area contributed by atoms with Crippen molar-refractivity contribution in [3.8, 4) is 11.4 Å². The van der Waals surface area contributed by atoms with E-state index in [1.165, 1.54) is 63.7 Å². The van der Waals surface area contributed by atoms with Crippen molar-refractivity contribution >= 4 is 0 Å². The van der Waals surface area contributed by atoms with Gasteiger partial charge >= 0.3 is 0 Å². The lowest BCUT2D eigenvalue weighted by Gasteiger charge is -2.34. The van der Waals surface area contributed by atoms with Crippen LogP contribution in [0.25, 0.3) is 11.4 Å². The number of piperidine rings is 1. The number of rotatable bonds is 4. The van der Waals surface area contributed by atoms with Crippen molar-refractivity contribution in [2.45, 2.75) is 50.9 Å². The molecule has 0 amide bonds. The van der Waals surface area contributed by atoms with E-state index in [0.717, 1.165) is 18.9 Å². The number of hydrogen-bond acceptors (Lipinski definition) is 4. The molecule has 1 aliphatic heterocycles. The smallest absolute Gasteiger partial charge is 0.231 e. The number of likely N-dealkylation sites (tertiary alicyclic amines) is 1. The van der Waals surface area contributed by atoms with E-state index >= 15 is 0 Å². The molecule has 1 saturated heterocycles. The Labute approximate surface area is 148 Å². The Morgan fingerprint density at radius 1 is 1.12 bits per heavy atom. The molecule has 4 rings (SSSR count).